The molecule has 0 radical (unpaired) electrons. The number of ether oxygens (including phenoxy) is 1. The fraction of sp³-hybridized carbons (Fsp3) is 0.519. The molecule has 5 heteroatoms. The Labute approximate surface area is 190 Å². The first-order valence-electron chi connectivity index (χ1n) is 12.0. The van der Waals surface area contributed by atoms with Gasteiger partial charge in [-0.15, -0.1) is 0 Å². The van der Waals surface area contributed by atoms with Crippen LogP contribution in [0.1, 0.15) is 50.2 Å². The summed E-state index contributed by atoms with van der Waals surface area (Å²) in [6, 6.07) is 21.1. The monoisotopic (exact) mass is 434 g/mol. The topological polar surface area (TPSA) is 61.8 Å². The second-order valence-electron chi connectivity index (χ2n) is 10.1. The molecule has 2 bridgehead atoms. The van der Waals surface area contributed by atoms with Crippen molar-refractivity contribution in [3.05, 3.63) is 65.7 Å². The number of hydrogen-bond donors (Lipinski definition) is 2. The van der Waals surface area contributed by atoms with Crippen molar-refractivity contribution in [3.8, 4) is 5.75 Å². The number of fused-ring (bicyclic) bond motifs is 1. The normalized spacial score (nSPS) is 31.8. The van der Waals surface area contributed by atoms with Crippen LogP contribution in [0, 0.1) is 5.41 Å². The zero-order valence-corrected chi connectivity index (χ0v) is 18.9. The van der Waals surface area contributed by atoms with Crippen molar-refractivity contribution in [2.75, 3.05) is 6.61 Å². The van der Waals surface area contributed by atoms with Gasteiger partial charge in [0.2, 0.25) is 0 Å². The second kappa shape index (κ2) is 8.87. The molecule has 5 atom stereocenters. The standard InChI is InChI=1S/C27H34N2O3/c1-27-16-23-22(15-19-7-3-2-4-8-19)28-24(27)9-5-6-10-25(27)29(23)17-20-11-13-21(14-12-20)32-18-26(30)31/h2-4,7-8,11-14,22-25,28H,5-6,9-10,15-18H2,1H3,(H,30,31)/t22-,23-,24+,25-,27+/m0/s1. The lowest BCUT2D eigenvalue weighted by atomic mass is 9.70. The number of nitrogens with one attached hydrogen (secondary N) is 1. The Hall–Kier alpha value is -2.37. The molecule has 0 spiro atoms. The Balaban J connectivity index is 1.38. The van der Waals surface area contributed by atoms with Crippen LogP contribution in [-0.2, 0) is 17.8 Å². The molecule has 0 unspecified atom stereocenters. The van der Waals surface area contributed by atoms with E-state index < -0.39 is 5.97 Å². The average molecular weight is 435 g/mol. The van der Waals surface area contributed by atoms with Gasteiger partial charge in [-0.1, -0.05) is 62.2 Å². The molecule has 2 saturated heterocycles. The highest BCUT2D eigenvalue weighted by Gasteiger charge is 2.58. The van der Waals surface area contributed by atoms with E-state index in [2.05, 4.69) is 59.6 Å². The Morgan fingerprint density at radius 2 is 1.84 bits per heavy atom. The smallest absolute Gasteiger partial charge is 0.341 e. The lowest BCUT2D eigenvalue weighted by molar-refractivity contribution is -0.139. The maximum absolute atomic E-state index is 10.8. The summed E-state index contributed by atoms with van der Waals surface area (Å²) in [6.07, 6.45) is 7.54. The number of piperidine rings is 1. The average Bonchev–Trinajstić information content (AvgIpc) is 2.91. The lowest BCUT2D eigenvalue weighted by Crippen LogP contribution is -2.57. The van der Waals surface area contributed by atoms with E-state index in [9.17, 15) is 4.79 Å². The summed E-state index contributed by atoms with van der Waals surface area (Å²) in [7, 11) is 0. The van der Waals surface area contributed by atoms with Crippen LogP contribution in [0.3, 0.4) is 0 Å². The second-order valence-corrected chi connectivity index (χ2v) is 10.1. The van der Waals surface area contributed by atoms with Crippen LogP contribution in [0.25, 0.3) is 0 Å². The number of nitrogens with zero attached hydrogens (tertiary/aromatic N) is 1. The Bertz CT molecular complexity index is 932. The predicted molar refractivity (Wildman–Crippen MR) is 125 cm³/mol. The molecule has 2 N–H and O–H groups in total. The highest BCUT2D eigenvalue weighted by Crippen LogP contribution is 2.52. The highest BCUT2D eigenvalue weighted by molar-refractivity contribution is 5.68. The third kappa shape index (κ3) is 4.16. The van der Waals surface area contributed by atoms with Gasteiger partial charge in [-0.2, -0.15) is 0 Å². The van der Waals surface area contributed by atoms with Crippen LogP contribution in [-0.4, -0.2) is 46.7 Å². The first kappa shape index (κ1) is 21.5. The molecule has 2 aromatic rings. The van der Waals surface area contributed by atoms with Gasteiger partial charge in [0.05, 0.1) is 0 Å². The van der Waals surface area contributed by atoms with Crippen molar-refractivity contribution in [1.82, 2.24) is 10.2 Å². The SMILES string of the molecule is C[C@@]12C[C@H]3[C@H](Cc4ccccc4)N[C@@H]1CCCC[C@@H]2N3Cc1ccc(OCC(=O)O)cc1. The molecule has 5 nitrogen and oxygen atoms in total. The van der Waals surface area contributed by atoms with Crippen LogP contribution in [0.15, 0.2) is 54.6 Å². The molecule has 1 saturated carbocycles. The molecule has 2 aromatic carbocycles. The Kier molecular flexibility index (Phi) is 5.95. The third-order valence-electron chi connectivity index (χ3n) is 8.08. The number of carbonyl (C=O) groups is 1. The van der Waals surface area contributed by atoms with E-state index in [1.54, 1.807) is 0 Å². The molecule has 0 aromatic heterocycles. The maximum Gasteiger partial charge on any atom is 0.341 e. The van der Waals surface area contributed by atoms with E-state index in [1.165, 1.54) is 43.2 Å². The van der Waals surface area contributed by atoms with Gasteiger partial charge >= 0.3 is 5.97 Å². The quantitative estimate of drug-likeness (QED) is 0.682. The van der Waals surface area contributed by atoms with Crippen molar-refractivity contribution in [2.24, 2.45) is 5.41 Å². The van der Waals surface area contributed by atoms with Gasteiger partial charge in [-0.05, 0) is 54.4 Å². The molecule has 2 heterocycles. The summed E-state index contributed by atoms with van der Waals surface area (Å²) in [6.45, 7) is 3.15. The summed E-state index contributed by atoms with van der Waals surface area (Å²) >= 11 is 0. The van der Waals surface area contributed by atoms with Gasteiger partial charge in [0, 0.05) is 30.7 Å². The van der Waals surface area contributed by atoms with Gasteiger partial charge in [-0.3, -0.25) is 4.90 Å². The number of carboxylic acids is 1. The number of hydrogen-bond acceptors (Lipinski definition) is 4. The van der Waals surface area contributed by atoms with E-state index in [1.807, 2.05) is 12.1 Å². The van der Waals surface area contributed by atoms with Crippen molar-refractivity contribution in [3.63, 3.8) is 0 Å². The van der Waals surface area contributed by atoms with Crippen LogP contribution >= 0.6 is 0 Å². The molecule has 3 fully saturated rings. The van der Waals surface area contributed by atoms with E-state index in [0.29, 0.717) is 35.3 Å². The first-order valence-corrected chi connectivity index (χ1v) is 12.0. The largest absolute Gasteiger partial charge is 0.482 e. The van der Waals surface area contributed by atoms with Crippen LogP contribution in [0.4, 0.5) is 0 Å². The lowest BCUT2D eigenvalue weighted by Gasteiger charge is -2.43. The van der Waals surface area contributed by atoms with Crippen LogP contribution in [0.2, 0.25) is 0 Å². The summed E-state index contributed by atoms with van der Waals surface area (Å²) in [4.78, 5) is 13.5. The number of carboxylic acid groups (broad SMARTS) is 1. The Morgan fingerprint density at radius 3 is 2.59 bits per heavy atom. The van der Waals surface area contributed by atoms with E-state index in [-0.39, 0.29) is 6.61 Å². The van der Waals surface area contributed by atoms with E-state index >= 15 is 0 Å². The van der Waals surface area contributed by atoms with Crippen molar-refractivity contribution in [2.45, 2.75) is 76.2 Å². The van der Waals surface area contributed by atoms with Gasteiger partial charge in [0.15, 0.2) is 6.61 Å². The third-order valence-corrected chi connectivity index (χ3v) is 8.08. The minimum Gasteiger partial charge on any atom is -0.482 e. The molecule has 0 amide bonds. The Morgan fingerprint density at radius 1 is 1.09 bits per heavy atom. The fourth-order valence-electron chi connectivity index (χ4n) is 6.55. The summed E-state index contributed by atoms with van der Waals surface area (Å²) < 4.78 is 5.32. The zero-order valence-electron chi connectivity index (χ0n) is 18.9. The molecule has 170 valence electrons. The van der Waals surface area contributed by atoms with Gasteiger partial charge in [0.1, 0.15) is 5.75 Å². The number of aliphatic carboxylic acids is 1. The molecule has 32 heavy (non-hydrogen) atoms. The molecule has 3 aliphatic rings. The highest BCUT2D eigenvalue weighted by atomic mass is 16.5. The molecule has 5 rings (SSSR count). The molecular formula is C27H34N2O3. The fourth-order valence-corrected chi connectivity index (χ4v) is 6.55. The zero-order chi connectivity index (χ0) is 22.1. The number of rotatable bonds is 7. The summed E-state index contributed by atoms with van der Waals surface area (Å²) in [5.41, 5.74) is 3.01. The number of likely N-dealkylation sites (tertiary alicyclic amines) is 1. The maximum atomic E-state index is 10.8. The van der Waals surface area contributed by atoms with E-state index in [4.69, 9.17) is 9.84 Å². The summed E-state index contributed by atoms with van der Waals surface area (Å²) in [5.74, 6) is -0.340. The minimum atomic E-state index is -0.952. The van der Waals surface area contributed by atoms with Gasteiger partial charge < -0.3 is 15.2 Å². The molecule has 2 aliphatic heterocycles. The number of benzene rings is 2. The van der Waals surface area contributed by atoms with Crippen LogP contribution in [0.5, 0.6) is 5.75 Å². The van der Waals surface area contributed by atoms with Gasteiger partial charge in [0.25, 0.3) is 0 Å². The van der Waals surface area contributed by atoms with E-state index in [0.717, 1.165) is 13.0 Å². The van der Waals surface area contributed by atoms with Crippen LogP contribution < -0.4 is 10.1 Å². The molecule has 1 aliphatic carbocycles. The first-order chi connectivity index (χ1) is 15.5. The predicted octanol–water partition coefficient (Wildman–Crippen LogP) is 4.26. The van der Waals surface area contributed by atoms with Gasteiger partial charge in [-0.25, -0.2) is 4.79 Å². The van der Waals surface area contributed by atoms with Crippen molar-refractivity contribution < 1.29 is 14.6 Å². The van der Waals surface area contributed by atoms with Crippen molar-refractivity contribution in [1.29, 1.82) is 0 Å². The molecular weight excluding hydrogens is 400 g/mol. The minimum absolute atomic E-state index is 0.303. The van der Waals surface area contributed by atoms with Crippen molar-refractivity contribution >= 4 is 5.97 Å². The summed E-state index contributed by atoms with van der Waals surface area (Å²) in [5, 5.41) is 12.9.